The van der Waals surface area contributed by atoms with Crippen LogP contribution in [-0.4, -0.2) is 41.2 Å². The summed E-state index contributed by atoms with van der Waals surface area (Å²) in [6.07, 6.45) is 3.18. The molecule has 0 unspecified atom stereocenters. The Morgan fingerprint density at radius 1 is 1.60 bits per heavy atom. The van der Waals surface area contributed by atoms with Crippen molar-refractivity contribution >= 4 is 32.5 Å². The van der Waals surface area contributed by atoms with Crippen LogP contribution < -0.4 is 10.2 Å². The number of thiophene rings is 1. The zero-order valence-electron chi connectivity index (χ0n) is 11.2. The Balaban J connectivity index is 0.000000272. The number of anilines is 1. The van der Waals surface area contributed by atoms with Gasteiger partial charge in [0.25, 0.3) is 5.97 Å². The van der Waals surface area contributed by atoms with Crippen molar-refractivity contribution in [1.29, 1.82) is 0 Å². The minimum absolute atomic E-state index is 0.707. The lowest BCUT2D eigenvalue weighted by Crippen LogP contribution is -2.43. The molecule has 4 rings (SSSR count). The van der Waals surface area contributed by atoms with Crippen LogP contribution in [0.15, 0.2) is 24.4 Å². The number of carboxylic acids is 1. The minimum atomic E-state index is -0.833. The van der Waals surface area contributed by atoms with Crippen LogP contribution in [0.5, 0.6) is 0 Å². The molecule has 2 N–H and O–H groups in total. The number of carboxylic acid groups (broad SMARTS) is 1. The van der Waals surface area contributed by atoms with E-state index in [1.807, 2.05) is 23.6 Å². The third-order valence-corrected chi connectivity index (χ3v) is 4.74. The number of aromatic nitrogens is 1. The Kier molecular flexibility index (Phi) is 3.58. The maximum absolute atomic E-state index is 9.00. The quantitative estimate of drug-likeness (QED) is 0.840. The molecule has 0 radical (unpaired) electrons. The van der Waals surface area contributed by atoms with Gasteiger partial charge in [-0.25, -0.2) is 0 Å². The van der Waals surface area contributed by atoms with Crippen molar-refractivity contribution in [2.24, 2.45) is 0 Å². The number of hydrogen-bond acceptors (Lipinski definition) is 5. The third-order valence-electron chi connectivity index (χ3n) is 3.61. The molecule has 0 aromatic carbocycles. The van der Waals surface area contributed by atoms with Gasteiger partial charge in [0.15, 0.2) is 0 Å². The summed E-state index contributed by atoms with van der Waals surface area (Å²) in [6.45, 7) is 3.39. The fraction of sp³-hybridized carbons (Fsp3) is 0.429. The van der Waals surface area contributed by atoms with Crippen molar-refractivity contribution < 1.29 is 9.90 Å². The molecule has 2 bridgehead atoms. The molecule has 2 aliphatic rings. The molecule has 0 saturated carbocycles. The lowest BCUT2D eigenvalue weighted by molar-refractivity contribution is -0.134. The first-order valence-corrected chi connectivity index (χ1v) is 7.49. The summed E-state index contributed by atoms with van der Waals surface area (Å²) in [6, 6.07) is 7.82. The molecule has 106 valence electrons. The van der Waals surface area contributed by atoms with Crippen molar-refractivity contribution in [3.63, 3.8) is 0 Å². The van der Waals surface area contributed by atoms with Gasteiger partial charge >= 0.3 is 0 Å². The first-order valence-electron chi connectivity index (χ1n) is 6.67. The van der Waals surface area contributed by atoms with Crippen molar-refractivity contribution in [2.45, 2.75) is 25.4 Å². The van der Waals surface area contributed by atoms with E-state index < -0.39 is 5.97 Å². The summed E-state index contributed by atoms with van der Waals surface area (Å²) in [4.78, 5) is 16.0. The van der Waals surface area contributed by atoms with Gasteiger partial charge in [0, 0.05) is 38.3 Å². The van der Waals surface area contributed by atoms with Crippen molar-refractivity contribution in [2.75, 3.05) is 18.0 Å². The zero-order valence-corrected chi connectivity index (χ0v) is 12.1. The highest BCUT2D eigenvalue weighted by Gasteiger charge is 2.38. The normalized spacial score (nSPS) is 23.8. The summed E-state index contributed by atoms with van der Waals surface area (Å²) < 4.78 is 1.30. The molecule has 2 aromatic rings. The number of aliphatic carboxylic acids is 1. The van der Waals surface area contributed by atoms with E-state index in [2.05, 4.69) is 27.3 Å². The number of rotatable bonds is 1. The first kappa shape index (κ1) is 13.3. The molecule has 2 fully saturated rings. The lowest BCUT2D eigenvalue weighted by atomic mass is 10.2. The molecule has 2 saturated heterocycles. The summed E-state index contributed by atoms with van der Waals surface area (Å²) in [5, 5.41) is 12.3. The van der Waals surface area contributed by atoms with Crippen molar-refractivity contribution in [1.82, 2.24) is 10.3 Å². The summed E-state index contributed by atoms with van der Waals surface area (Å²) >= 11 is 1.87. The smallest absolute Gasteiger partial charge is 0.300 e. The molecule has 4 heterocycles. The Hall–Kier alpha value is -1.66. The van der Waals surface area contributed by atoms with Gasteiger partial charge in [-0.1, -0.05) is 0 Å². The van der Waals surface area contributed by atoms with E-state index in [0.29, 0.717) is 12.1 Å². The van der Waals surface area contributed by atoms with Gasteiger partial charge < -0.3 is 15.3 Å². The second-order valence-electron chi connectivity index (χ2n) is 5.14. The van der Waals surface area contributed by atoms with E-state index in [4.69, 9.17) is 9.90 Å². The van der Waals surface area contributed by atoms with Crippen LogP contribution in [0.25, 0.3) is 10.2 Å². The molecule has 6 heteroatoms. The number of carbonyl (C=O) groups is 1. The molecule has 0 spiro atoms. The van der Waals surface area contributed by atoms with Crippen LogP contribution >= 0.6 is 11.3 Å². The van der Waals surface area contributed by atoms with E-state index in [9.17, 15) is 0 Å². The molecule has 0 amide bonds. The number of nitrogens with one attached hydrogen (secondary N) is 1. The molecule has 5 nitrogen and oxygen atoms in total. The predicted octanol–water partition coefficient (Wildman–Crippen LogP) is 1.94. The maximum atomic E-state index is 9.00. The maximum Gasteiger partial charge on any atom is 0.300 e. The number of hydrogen-bond donors (Lipinski definition) is 2. The van der Waals surface area contributed by atoms with Crippen molar-refractivity contribution in [3.8, 4) is 0 Å². The molecule has 2 aliphatic heterocycles. The summed E-state index contributed by atoms with van der Waals surface area (Å²) in [5.41, 5.74) is 1.14. The number of piperazine rings is 1. The van der Waals surface area contributed by atoms with Gasteiger partial charge in [-0.2, -0.15) is 0 Å². The largest absolute Gasteiger partial charge is 0.481 e. The minimum Gasteiger partial charge on any atom is -0.481 e. The fourth-order valence-corrected chi connectivity index (χ4v) is 3.93. The highest BCUT2D eigenvalue weighted by atomic mass is 32.1. The highest BCUT2D eigenvalue weighted by Crippen LogP contribution is 2.36. The molecule has 2 atom stereocenters. The Labute approximate surface area is 121 Å². The van der Waals surface area contributed by atoms with Gasteiger partial charge in [-0.05, 0) is 24.6 Å². The average Bonchev–Trinajstić information content (AvgIpc) is 3.12. The van der Waals surface area contributed by atoms with E-state index in [1.165, 1.54) is 16.1 Å². The summed E-state index contributed by atoms with van der Waals surface area (Å²) in [7, 11) is 0. The second-order valence-corrected chi connectivity index (χ2v) is 6.20. The van der Waals surface area contributed by atoms with Crippen LogP contribution in [0.3, 0.4) is 0 Å². The van der Waals surface area contributed by atoms with Gasteiger partial charge in [0.1, 0.15) is 0 Å². The number of fused-ring (bicyclic) bond motifs is 3. The standard InChI is InChI=1S/C12H13N3S.C2H4O2/c1-2-11-10(13-3-1)5-12(16-11)15-7-8-4-9(15)6-14-8;1-2(3)4/h1-3,5,8-9,14H,4,6-7H2;1H3,(H,3,4)/t8-,9-;/m1./s1. The topological polar surface area (TPSA) is 65.5 Å². The Morgan fingerprint density at radius 3 is 3.00 bits per heavy atom. The molecule has 0 aliphatic carbocycles. The predicted molar refractivity (Wildman–Crippen MR) is 80.5 cm³/mol. The molecule has 20 heavy (non-hydrogen) atoms. The van der Waals surface area contributed by atoms with E-state index in [1.54, 1.807) is 0 Å². The third kappa shape index (κ3) is 2.62. The monoisotopic (exact) mass is 291 g/mol. The van der Waals surface area contributed by atoms with Crippen LogP contribution in [0, 0.1) is 0 Å². The van der Waals surface area contributed by atoms with Gasteiger partial charge in [-0.3, -0.25) is 9.78 Å². The van der Waals surface area contributed by atoms with Crippen LogP contribution in [0.2, 0.25) is 0 Å². The second kappa shape index (κ2) is 5.38. The molecule has 2 aromatic heterocycles. The van der Waals surface area contributed by atoms with E-state index >= 15 is 0 Å². The number of nitrogens with zero attached hydrogens (tertiary/aromatic N) is 2. The average molecular weight is 291 g/mol. The van der Waals surface area contributed by atoms with Gasteiger partial charge in [-0.15, -0.1) is 11.3 Å². The highest BCUT2D eigenvalue weighted by molar-refractivity contribution is 7.22. The fourth-order valence-electron chi connectivity index (χ4n) is 2.83. The van der Waals surface area contributed by atoms with Crippen molar-refractivity contribution in [3.05, 3.63) is 24.4 Å². The van der Waals surface area contributed by atoms with E-state index in [0.717, 1.165) is 25.5 Å². The number of pyridine rings is 1. The van der Waals surface area contributed by atoms with Crippen LogP contribution in [0.4, 0.5) is 5.00 Å². The lowest BCUT2D eigenvalue weighted by Gasteiger charge is -2.27. The molecular formula is C14H17N3O2S. The first-order chi connectivity index (χ1) is 9.63. The van der Waals surface area contributed by atoms with Crippen LogP contribution in [-0.2, 0) is 4.79 Å². The van der Waals surface area contributed by atoms with Gasteiger partial charge in [0.05, 0.1) is 15.2 Å². The molecular weight excluding hydrogens is 274 g/mol. The van der Waals surface area contributed by atoms with Crippen LogP contribution in [0.1, 0.15) is 13.3 Å². The SMILES string of the molecule is CC(=O)O.c1cnc2cc(N3C[C@H]4C[C@@H]3CN4)sc2c1. The summed E-state index contributed by atoms with van der Waals surface area (Å²) in [5.74, 6) is -0.833. The van der Waals surface area contributed by atoms with Gasteiger partial charge in [0.2, 0.25) is 0 Å². The Bertz CT molecular complexity index is 591. The zero-order chi connectivity index (χ0) is 14.1. The Morgan fingerprint density at radius 2 is 2.40 bits per heavy atom. The van der Waals surface area contributed by atoms with E-state index in [-0.39, 0.29) is 0 Å².